The van der Waals surface area contributed by atoms with Crippen LogP contribution in [0.4, 0.5) is 0 Å². The van der Waals surface area contributed by atoms with Crippen molar-refractivity contribution in [1.29, 1.82) is 0 Å². The van der Waals surface area contributed by atoms with Gasteiger partial charge in [0.2, 0.25) is 0 Å². The molecule has 2 heterocycles. The van der Waals surface area contributed by atoms with E-state index in [0.717, 1.165) is 49.7 Å². The minimum absolute atomic E-state index is 0.156. The highest BCUT2D eigenvalue weighted by Gasteiger charge is 2.22. The van der Waals surface area contributed by atoms with Crippen molar-refractivity contribution in [2.45, 2.75) is 52.4 Å². The van der Waals surface area contributed by atoms with E-state index >= 15 is 0 Å². The van der Waals surface area contributed by atoms with Crippen molar-refractivity contribution in [2.24, 2.45) is 0 Å². The van der Waals surface area contributed by atoms with Gasteiger partial charge in [0.25, 0.3) is 11.8 Å². The lowest BCUT2D eigenvalue weighted by Crippen LogP contribution is -2.25. The van der Waals surface area contributed by atoms with Gasteiger partial charge >= 0.3 is 0 Å². The molecule has 4 rings (SSSR count). The third-order valence-electron chi connectivity index (χ3n) is 6.45. The highest BCUT2D eigenvalue weighted by molar-refractivity contribution is 6.01. The summed E-state index contributed by atoms with van der Waals surface area (Å²) >= 11 is 0. The molecule has 38 heavy (non-hydrogen) atoms. The molecule has 0 saturated heterocycles. The number of carbonyl (C=O) groups is 2. The quantitative estimate of drug-likeness (QED) is 0.208. The standard InChI is InChI=1S/C30H34N4O4/c1-21-25(27(33-37-21)23-15-9-7-10-16-23)29(35)31-19-13-5-3-4-6-14-20-32-30(36)26-22(2)38-34-28(26)24-17-11-8-12-18-24/h7-12,15-18H,3-6,13-14,19-20H2,1-2H3,(H,31,35)(H,32,36). The summed E-state index contributed by atoms with van der Waals surface area (Å²) in [6, 6.07) is 19.1. The van der Waals surface area contributed by atoms with E-state index in [1.807, 2.05) is 60.7 Å². The molecule has 0 aliphatic rings. The second kappa shape index (κ2) is 13.4. The summed E-state index contributed by atoms with van der Waals surface area (Å²) in [6.07, 6.45) is 6.02. The maximum Gasteiger partial charge on any atom is 0.257 e. The van der Waals surface area contributed by atoms with Crippen LogP contribution >= 0.6 is 0 Å². The Bertz CT molecular complexity index is 1230. The molecular weight excluding hydrogens is 480 g/mol. The van der Waals surface area contributed by atoms with Crippen LogP contribution in [0.15, 0.2) is 69.7 Å². The number of aromatic nitrogens is 2. The van der Waals surface area contributed by atoms with Gasteiger partial charge in [-0.1, -0.05) is 96.7 Å². The summed E-state index contributed by atoms with van der Waals surface area (Å²) in [6.45, 7) is 4.73. The minimum atomic E-state index is -0.156. The van der Waals surface area contributed by atoms with Gasteiger partial charge in [-0.2, -0.15) is 0 Å². The molecule has 0 saturated carbocycles. The molecular formula is C30H34N4O4. The zero-order valence-electron chi connectivity index (χ0n) is 22.0. The minimum Gasteiger partial charge on any atom is -0.360 e. The molecule has 0 aliphatic carbocycles. The van der Waals surface area contributed by atoms with Crippen molar-refractivity contribution >= 4 is 11.8 Å². The number of nitrogens with one attached hydrogen (secondary N) is 2. The largest absolute Gasteiger partial charge is 0.360 e. The second-order valence-corrected chi connectivity index (χ2v) is 9.29. The molecule has 8 heteroatoms. The van der Waals surface area contributed by atoms with E-state index in [4.69, 9.17) is 9.05 Å². The molecule has 0 aliphatic heterocycles. The van der Waals surface area contributed by atoms with Crippen LogP contribution in [0, 0.1) is 13.8 Å². The summed E-state index contributed by atoms with van der Waals surface area (Å²) < 4.78 is 10.6. The van der Waals surface area contributed by atoms with Gasteiger partial charge in [0, 0.05) is 24.2 Å². The first kappa shape index (κ1) is 26.9. The summed E-state index contributed by atoms with van der Waals surface area (Å²) in [5.74, 6) is 0.724. The van der Waals surface area contributed by atoms with Crippen LogP contribution in [0.1, 0.15) is 70.8 Å². The summed E-state index contributed by atoms with van der Waals surface area (Å²) in [7, 11) is 0. The van der Waals surface area contributed by atoms with Gasteiger partial charge in [0.1, 0.15) is 34.0 Å². The van der Waals surface area contributed by atoms with E-state index in [-0.39, 0.29) is 11.8 Å². The topological polar surface area (TPSA) is 110 Å². The van der Waals surface area contributed by atoms with Crippen LogP contribution in [-0.4, -0.2) is 35.2 Å². The van der Waals surface area contributed by atoms with E-state index in [2.05, 4.69) is 20.9 Å². The van der Waals surface area contributed by atoms with Crippen LogP contribution in [0.25, 0.3) is 22.5 Å². The van der Waals surface area contributed by atoms with Gasteiger partial charge in [0.15, 0.2) is 0 Å². The Morgan fingerprint density at radius 1 is 0.605 bits per heavy atom. The third kappa shape index (κ3) is 6.76. The normalized spacial score (nSPS) is 10.9. The highest BCUT2D eigenvalue weighted by atomic mass is 16.5. The fraction of sp³-hybridized carbons (Fsp3) is 0.333. The van der Waals surface area contributed by atoms with Crippen molar-refractivity contribution in [3.05, 3.63) is 83.3 Å². The summed E-state index contributed by atoms with van der Waals surface area (Å²) in [5.41, 5.74) is 3.86. The van der Waals surface area contributed by atoms with Crippen molar-refractivity contribution in [2.75, 3.05) is 13.1 Å². The molecule has 0 spiro atoms. The molecule has 2 aromatic heterocycles. The first-order valence-corrected chi connectivity index (χ1v) is 13.2. The van der Waals surface area contributed by atoms with Gasteiger partial charge in [-0.3, -0.25) is 9.59 Å². The molecule has 0 atom stereocenters. The van der Waals surface area contributed by atoms with E-state index in [9.17, 15) is 9.59 Å². The molecule has 0 bridgehead atoms. The zero-order valence-corrected chi connectivity index (χ0v) is 22.0. The van der Waals surface area contributed by atoms with E-state index in [0.29, 0.717) is 47.1 Å². The number of carbonyl (C=O) groups excluding carboxylic acids is 2. The number of hydrogen-bond donors (Lipinski definition) is 2. The van der Waals surface area contributed by atoms with Gasteiger partial charge in [-0.05, 0) is 26.7 Å². The maximum atomic E-state index is 12.7. The number of amides is 2. The molecule has 198 valence electrons. The third-order valence-corrected chi connectivity index (χ3v) is 6.45. The second-order valence-electron chi connectivity index (χ2n) is 9.29. The Kier molecular flexibility index (Phi) is 9.45. The molecule has 0 unspecified atom stereocenters. The van der Waals surface area contributed by atoms with Gasteiger partial charge in [0.05, 0.1) is 0 Å². The molecule has 8 nitrogen and oxygen atoms in total. The fourth-order valence-corrected chi connectivity index (χ4v) is 4.40. The number of aryl methyl sites for hydroxylation is 2. The van der Waals surface area contributed by atoms with E-state index in [1.54, 1.807) is 13.8 Å². The first-order valence-electron chi connectivity index (χ1n) is 13.2. The predicted octanol–water partition coefficient (Wildman–Crippen LogP) is 6.11. The number of nitrogens with zero attached hydrogens (tertiary/aromatic N) is 2. The first-order chi connectivity index (χ1) is 18.6. The number of unbranched alkanes of at least 4 members (excludes halogenated alkanes) is 5. The Balaban J connectivity index is 1.10. The maximum absolute atomic E-state index is 12.7. The average molecular weight is 515 g/mol. The molecule has 4 aromatic rings. The smallest absolute Gasteiger partial charge is 0.257 e. The summed E-state index contributed by atoms with van der Waals surface area (Å²) in [5, 5.41) is 14.1. The van der Waals surface area contributed by atoms with Crippen molar-refractivity contribution < 1.29 is 18.6 Å². The average Bonchev–Trinajstić information content (AvgIpc) is 3.53. The Morgan fingerprint density at radius 3 is 1.37 bits per heavy atom. The molecule has 2 aromatic carbocycles. The lowest BCUT2D eigenvalue weighted by atomic mass is 10.1. The molecule has 0 fully saturated rings. The lowest BCUT2D eigenvalue weighted by molar-refractivity contribution is 0.0943. The van der Waals surface area contributed by atoms with E-state index in [1.165, 1.54) is 0 Å². The van der Waals surface area contributed by atoms with Crippen LogP contribution in [0.2, 0.25) is 0 Å². The lowest BCUT2D eigenvalue weighted by Gasteiger charge is -2.07. The Labute approximate surface area is 222 Å². The predicted molar refractivity (Wildman–Crippen MR) is 146 cm³/mol. The van der Waals surface area contributed by atoms with Crippen molar-refractivity contribution in [1.82, 2.24) is 20.9 Å². The number of benzene rings is 2. The van der Waals surface area contributed by atoms with Crippen molar-refractivity contribution in [3.8, 4) is 22.5 Å². The number of hydrogen-bond acceptors (Lipinski definition) is 6. The fourth-order valence-electron chi connectivity index (χ4n) is 4.40. The van der Waals surface area contributed by atoms with Crippen LogP contribution in [0.3, 0.4) is 0 Å². The Hall–Kier alpha value is -4.20. The van der Waals surface area contributed by atoms with Gasteiger partial charge in [-0.25, -0.2) is 0 Å². The van der Waals surface area contributed by atoms with Crippen LogP contribution in [0.5, 0.6) is 0 Å². The van der Waals surface area contributed by atoms with Crippen LogP contribution < -0.4 is 10.6 Å². The number of rotatable bonds is 13. The molecule has 2 amide bonds. The Morgan fingerprint density at radius 2 is 0.974 bits per heavy atom. The summed E-state index contributed by atoms with van der Waals surface area (Å²) in [4.78, 5) is 25.5. The van der Waals surface area contributed by atoms with Crippen LogP contribution in [-0.2, 0) is 0 Å². The SMILES string of the molecule is Cc1onc(-c2ccccc2)c1C(=O)NCCCCCCCCNC(=O)c1c(-c2ccccc2)noc1C. The van der Waals surface area contributed by atoms with E-state index < -0.39 is 0 Å². The molecule has 2 N–H and O–H groups in total. The van der Waals surface area contributed by atoms with Gasteiger partial charge in [-0.15, -0.1) is 0 Å². The van der Waals surface area contributed by atoms with Gasteiger partial charge < -0.3 is 19.7 Å². The zero-order chi connectivity index (χ0) is 26.7. The van der Waals surface area contributed by atoms with Crippen molar-refractivity contribution in [3.63, 3.8) is 0 Å². The molecule has 0 radical (unpaired) electrons. The highest BCUT2D eigenvalue weighted by Crippen LogP contribution is 2.26. The monoisotopic (exact) mass is 514 g/mol.